The average Bonchev–Trinajstić information content (AvgIpc) is 2.94. The van der Waals surface area contributed by atoms with E-state index in [2.05, 4.69) is 35.8 Å². The Labute approximate surface area is 129 Å². The van der Waals surface area contributed by atoms with E-state index in [0.29, 0.717) is 12.0 Å². The second-order valence-corrected chi connectivity index (χ2v) is 6.22. The monoisotopic (exact) mass is 342 g/mol. The zero-order chi connectivity index (χ0) is 14.7. The molecule has 0 N–H and O–H groups in total. The molecule has 1 aromatic rings. The first-order chi connectivity index (χ1) is 9.62. The molecule has 1 aliphatic rings. The molecule has 3 nitrogen and oxygen atoms in total. The number of hydrogen-bond donors (Lipinski definition) is 0. The summed E-state index contributed by atoms with van der Waals surface area (Å²) in [6, 6.07) is 4.12. The Morgan fingerprint density at radius 1 is 1.30 bits per heavy atom. The molecule has 20 heavy (non-hydrogen) atoms. The molecule has 2 rings (SSSR count). The van der Waals surface area contributed by atoms with Crippen molar-refractivity contribution in [3.63, 3.8) is 0 Å². The van der Waals surface area contributed by atoms with E-state index in [-0.39, 0.29) is 4.83 Å². The molecule has 1 aliphatic heterocycles. The first-order valence-electron chi connectivity index (χ1n) is 7.10. The molecule has 0 bridgehead atoms. The summed E-state index contributed by atoms with van der Waals surface area (Å²) in [5, 5.41) is 0. The predicted molar refractivity (Wildman–Crippen MR) is 84.1 cm³/mol. The molecule has 3 unspecified atom stereocenters. The van der Waals surface area contributed by atoms with Crippen LogP contribution in [0.25, 0.3) is 0 Å². The molecule has 0 spiro atoms. The standard InChI is InChI=1S/C16H23BrO3/c1-5-13-11(6-7-20-13)16(17)12-9-15(19-4)14(18-3)8-10(12)2/h8-9,11,13,16H,5-7H2,1-4H3. The maximum Gasteiger partial charge on any atom is 0.161 e. The van der Waals surface area contributed by atoms with Crippen LogP contribution in [-0.2, 0) is 4.74 Å². The molecule has 3 atom stereocenters. The normalized spacial score (nSPS) is 23.6. The lowest BCUT2D eigenvalue weighted by Gasteiger charge is -2.25. The number of alkyl halides is 1. The molecule has 1 aromatic carbocycles. The molecule has 0 aromatic heterocycles. The first kappa shape index (κ1) is 15.6. The van der Waals surface area contributed by atoms with Crippen molar-refractivity contribution in [2.75, 3.05) is 20.8 Å². The molecule has 1 heterocycles. The Morgan fingerprint density at radius 3 is 2.55 bits per heavy atom. The Hall–Kier alpha value is -0.740. The summed E-state index contributed by atoms with van der Waals surface area (Å²) in [6.45, 7) is 5.16. The molecule has 1 saturated heterocycles. The van der Waals surface area contributed by atoms with Gasteiger partial charge in [0.15, 0.2) is 11.5 Å². The van der Waals surface area contributed by atoms with E-state index in [9.17, 15) is 0 Å². The lowest BCUT2D eigenvalue weighted by Crippen LogP contribution is -2.19. The van der Waals surface area contributed by atoms with Crippen LogP contribution in [-0.4, -0.2) is 26.9 Å². The van der Waals surface area contributed by atoms with Crippen LogP contribution in [0.3, 0.4) is 0 Å². The number of methoxy groups -OCH3 is 2. The lowest BCUT2D eigenvalue weighted by molar-refractivity contribution is 0.0872. The molecule has 4 heteroatoms. The summed E-state index contributed by atoms with van der Waals surface area (Å²) in [7, 11) is 3.34. The molecular formula is C16H23BrO3. The minimum atomic E-state index is 0.287. The Bertz CT molecular complexity index is 461. The number of benzene rings is 1. The van der Waals surface area contributed by atoms with Crippen LogP contribution in [0.4, 0.5) is 0 Å². The van der Waals surface area contributed by atoms with E-state index < -0.39 is 0 Å². The maximum absolute atomic E-state index is 5.81. The van der Waals surface area contributed by atoms with Gasteiger partial charge in [-0.05, 0) is 43.0 Å². The number of hydrogen-bond acceptors (Lipinski definition) is 3. The number of aryl methyl sites for hydroxylation is 1. The van der Waals surface area contributed by atoms with Crippen molar-refractivity contribution >= 4 is 15.9 Å². The van der Waals surface area contributed by atoms with E-state index in [1.54, 1.807) is 14.2 Å². The summed E-state index contributed by atoms with van der Waals surface area (Å²) in [4.78, 5) is 0.287. The highest BCUT2D eigenvalue weighted by atomic mass is 79.9. The second kappa shape index (κ2) is 6.81. The Balaban J connectivity index is 2.31. The van der Waals surface area contributed by atoms with Gasteiger partial charge < -0.3 is 14.2 Å². The fraction of sp³-hybridized carbons (Fsp3) is 0.625. The van der Waals surface area contributed by atoms with Crippen molar-refractivity contribution in [2.24, 2.45) is 5.92 Å². The van der Waals surface area contributed by atoms with E-state index >= 15 is 0 Å². The van der Waals surface area contributed by atoms with Gasteiger partial charge in [0.05, 0.1) is 20.3 Å². The number of halogens is 1. The summed E-state index contributed by atoms with van der Waals surface area (Å²) in [5.74, 6) is 2.07. The van der Waals surface area contributed by atoms with Crippen LogP contribution in [0.1, 0.15) is 35.7 Å². The zero-order valence-corrected chi connectivity index (χ0v) is 14.2. The van der Waals surface area contributed by atoms with Gasteiger partial charge in [-0.1, -0.05) is 22.9 Å². The third-order valence-corrected chi connectivity index (χ3v) is 5.28. The van der Waals surface area contributed by atoms with Gasteiger partial charge in [0.1, 0.15) is 0 Å². The van der Waals surface area contributed by atoms with Crippen LogP contribution < -0.4 is 9.47 Å². The molecule has 1 fully saturated rings. The van der Waals surface area contributed by atoms with Crippen LogP contribution in [0.15, 0.2) is 12.1 Å². The minimum Gasteiger partial charge on any atom is -0.493 e. The van der Waals surface area contributed by atoms with Crippen molar-refractivity contribution in [1.29, 1.82) is 0 Å². The summed E-state index contributed by atoms with van der Waals surface area (Å²) >= 11 is 3.88. The van der Waals surface area contributed by atoms with Crippen molar-refractivity contribution in [3.05, 3.63) is 23.3 Å². The highest BCUT2D eigenvalue weighted by Crippen LogP contribution is 2.44. The number of ether oxygens (including phenoxy) is 3. The highest BCUT2D eigenvalue weighted by Gasteiger charge is 2.34. The van der Waals surface area contributed by atoms with Crippen LogP contribution in [0, 0.1) is 12.8 Å². The fourth-order valence-electron chi connectivity index (χ4n) is 2.94. The summed E-state index contributed by atoms with van der Waals surface area (Å²) in [5.41, 5.74) is 2.47. The number of rotatable bonds is 5. The van der Waals surface area contributed by atoms with Gasteiger partial charge in [0, 0.05) is 17.4 Å². The van der Waals surface area contributed by atoms with Crippen LogP contribution in [0.2, 0.25) is 0 Å². The van der Waals surface area contributed by atoms with E-state index in [0.717, 1.165) is 30.9 Å². The molecule has 0 aliphatic carbocycles. The Kier molecular flexibility index (Phi) is 5.33. The summed E-state index contributed by atoms with van der Waals surface area (Å²) in [6.07, 6.45) is 2.49. The van der Waals surface area contributed by atoms with Gasteiger partial charge in [-0.25, -0.2) is 0 Å². The molecule has 0 radical (unpaired) electrons. The molecule has 112 valence electrons. The van der Waals surface area contributed by atoms with Crippen LogP contribution in [0.5, 0.6) is 11.5 Å². The molecule has 0 saturated carbocycles. The lowest BCUT2D eigenvalue weighted by atomic mass is 9.89. The minimum absolute atomic E-state index is 0.287. The van der Waals surface area contributed by atoms with Gasteiger partial charge >= 0.3 is 0 Å². The summed E-state index contributed by atoms with van der Waals surface area (Å²) < 4.78 is 16.6. The van der Waals surface area contributed by atoms with Gasteiger partial charge in [-0.3, -0.25) is 0 Å². The van der Waals surface area contributed by atoms with Crippen LogP contribution >= 0.6 is 15.9 Å². The first-order valence-corrected chi connectivity index (χ1v) is 8.02. The third kappa shape index (κ3) is 2.96. The van der Waals surface area contributed by atoms with E-state index in [1.807, 2.05) is 6.07 Å². The van der Waals surface area contributed by atoms with Crippen molar-refractivity contribution in [2.45, 2.75) is 37.6 Å². The molecular weight excluding hydrogens is 320 g/mol. The van der Waals surface area contributed by atoms with Gasteiger partial charge in [-0.15, -0.1) is 0 Å². The highest BCUT2D eigenvalue weighted by molar-refractivity contribution is 9.09. The van der Waals surface area contributed by atoms with E-state index in [4.69, 9.17) is 14.2 Å². The van der Waals surface area contributed by atoms with Gasteiger partial charge in [0.2, 0.25) is 0 Å². The zero-order valence-electron chi connectivity index (χ0n) is 12.6. The Morgan fingerprint density at radius 2 is 1.95 bits per heavy atom. The van der Waals surface area contributed by atoms with Gasteiger partial charge in [-0.2, -0.15) is 0 Å². The molecule has 0 amide bonds. The maximum atomic E-state index is 5.81. The van der Waals surface area contributed by atoms with E-state index in [1.165, 1.54) is 11.1 Å². The largest absolute Gasteiger partial charge is 0.493 e. The smallest absolute Gasteiger partial charge is 0.161 e. The topological polar surface area (TPSA) is 27.7 Å². The average molecular weight is 343 g/mol. The third-order valence-electron chi connectivity index (χ3n) is 4.11. The van der Waals surface area contributed by atoms with Crippen molar-refractivity contribution in [3.8, 4) is 11.5 Å². The second-order valence-electron chi connectivity index (χ2n) is 5.24. The fourth-order valence-corrected chi connectivity index (χ4v) is 4.04. The predicted octanol–water partition coefficient (Wildman–Crippen LogP) is 4.26. The van der Waals surface area contributed by atoms with Crippen molar-refractivity contribution in [1.82, 2.24) is 0 Å². The quantitative estimate of drug-likeness (QED) is 0.748. The van der Waals surface area contributed by atoms with Gasteiger partial charge in [0.25, 0.3) is 0 Å². The van der Waals surface area contributed by atoms with Crippen molar-refractivity contribution < 1.29 is 14.2 Å². The SMILES string of the molecule is CCC1OCCC1C(Br)c1cc(OC)c(OC)cc1C.